The highest BCUT2D eigenvalue weighted by Gasteiger charge is 2.27. The number of hydrogen-bond donors (Lipinski definition) is 0. The van der Waals surface area contributed by atoms with Crippen molar-refractivity contribution >= 4 is 28.8 Å². The molecule has 1 amide bonds. The van der Waals surface area contributed by atoms with Crippen molar-refractivity contribution < 1.29 is 4.79 Å². The van der Waals surface area contributed by atoms with Crippen LogP contribution in [0.3, 0.4) is 0 Å². The molecular formula is C9H10ClNOS. The molecular weight excluding hydrogens is 206 g/mol. The topological polar surface area (TPSA) is 20.3 Å². The predicted molar refractivity (Wildman–Crippen MR) is 54.0 cm³/mol. The lowest BCUT2D eigenvalue weighted by molar-refractivity contribution is -0.128. The van der Waals surface area contributed by atoms with Crippen LogP contribution in [-0.2, 0) is 11.3 Å². The highest BCUT2D eigenvalue weighted by Crippen LogP contribution is 2.19. The van der Waals surface area contributed by atoms with Gasteiger partial charge in [-0.25, -0.2) is 0 Å². The third-order valence-electron chi connectivity index (χ3n) is 2.12. The van der Waals surface area contributed by atoms with Crippen molar-refractivity contribution in [2.45, 2.75) is 18.3 Å². The second-order valence-electron chi connectivity index (χ2n) is 3.21. The number of hydrogen-bond acceptors (Lipinski definition) is 2. The van der Waals surface area contributed by atoms with Crippen molar-refractivity contribution in [1.82, 2.24) is 4.90 Å². The van der Waals surface area contributed by atoms with Crippen molar-refractivity contribution in [3.8, 4) is 0 Å². The molecule has 0 saturated carbocycles. The van der Waals surface area contributed by atoms with E-state index in [4.69, 9.17) is 11.6 Å². The van der Waals surface area contributed by atoms with Crippen LogP contribution in [-0.4, -0.2) is 22.7 Å². The zero-order valence-electron chi connectivity index (χ0n) is 7.07. The Morgan fingerprint density at radius 3 is 3.08 bits per heavy atom. The molecule has 1 aliphatic heterocycles. The van der Waals surface area contributed by atoms with Crippen LogP contribution < -0.4 is 0 Å². The van der Waals surface area contributed by atoms with Crippen LogP contribution in [0.25, 0.3) is 0 Å². The van der Waals surface area contributed by atoms with Crippen molar-refractivity contribution in [2.75, 3.05) is 6.54 Å². The lowest BCUT2D eigenvalue weighted by atomic mass is 10.3. The van der Waals surface area contributed by atoms with Gasteiger partial charge in [-0.3, -0.25) is 4.79 Å². The maximum Gasteiger partial charge on any atom is 0.224 e. The second kappa shape index (κ2) is 3.68. The van der Waals surface area contributed by atoms with Gasteiger partial charge in [0, 0.05) is 19.5 Å². The Bertz CT molecular complexity index is 299. The molecule has 2 heterocycles. The molecule has 0 aromatic carbocycles. The molecule has 0 N–H and O–H groups in total. The number of carbonyl (C=O) groups excluding carboxylic acids is 1. The van der Waals surface area contributed by atoms with Crippen LogP contribution in [0.5, 0.6) is 0 Å². The fourth-order valence-corrected chi connectivity index (χ4v) is 2.44. The van der Waals surface area contributed by atoms with Gasteiger partial charge in [0.05, 0.1) is 5.38 Å². The highest BCUT2D eigenvalue weighted by molar-refractivity contribution is 7.07. The molecule has 13 heavy (non-hydrogen) atoms. The van der Waals surface area contributed by atoms with Crippen LogP contribution in [0.2, 0.25) is 0 Å². The molecule has 70 valence electrons. The summed E-state index contributed by atoms with van der Waals surface area (Å²) in [5.41, 5.74) is 1.20. The molecule has 1 saturated heterocycles. The van der Waals surface area contributed by atoms with Crippen LogP contribution in [0.4, 0.5) is 0 Å². The summed E-state index contributed by atoms with van der Waals surface area (Å²) in [6.45, 7) is 1.40. The quantitative estimate of drug-likeness (QED) is 0.692. The molecule has 1 aromatic rings. The van der Waals surface area contributed by atoms with Gasteiger partial charge in [-0.2, -0.15) is 11.3 Å². The van der Waals surface area contributed by atoms with E-state index in [1.54, 1.807) is 11.3 Å². The van der Waals surface area contributed by atoms with Gasteiger partial charge in [-0.1, -0.05) is 0 Å². The zero-order valence-corrected chi connectivity index (χ0v) is 8.64. The Morgan fingerprint density at radius 2 is 2.54 bits per heavy atom. The van der Waals surface area contributed by atoms with E-state index in [9.17, 15) is 4.79 Å². The summed E-state index contributed by atoms with van der Waals surface area (Å²) in [5, 5.41) is 4.09. The van der Waals surface area contributed by atoms with Gasteiger partial charge in [0.25, 0.3) is 0 Å². The maximum absolute atomic E-state index is 11.4. The standard InChI is InChI=1S/C9H10ClNOS/c10-8-3-9(12)11(5-8)4-7-1-2-13-6-7/h1-2,6,8H,3-5H2. The Labute approximate surface area is 86.1 Å². The van der Waals surface area contributed by atoms with Gasteiger partial charge in [0.1, 0.15) is 0 Å². The van der Waals surface area contributed by atoms with E-state index in [1.165, 1.54) is 5.56 Å². The van der Waals surface area contributed by atoms with Gasteiger partial charge in [-0.05, 0) is 22.4 Å². The van der Waals surface area contributed by atoms with E-state index in [0.717, 1.165) is 0 Å². The highest BCUT2D eigenvalue weighted by atomic mass is 35.5. The summed E-state index contributed by atoms with van der Waals surface area (Å²) < 4.78 is 0. The zero-order chi connectivity index (χ0) is 9.26. The third kappa shape index (κ3) is 2.03. The molecule has 1 aromatic heterocycles. The predicted octanol–water partition coefficient (Wildman–Crippen LogP) is 2.09. The van der Waals surface area contributed by atoms with E-state index in [-0.39, 0.29) is 11.3 Å². The smallest absolute Gasteiger partial charge is 0.224 e. The van der Waals surface area contributed by atoms with Gasteiger partial charge in [0.2, 0.25) is 5.91 Å². The fraction of sp³-hybridized carbons (Fsp3) is 0.444. The fourth-order valence-electron chi connectivity index (χ4n) is 1.48. The molecule has 1 fully saturated rings. The molecule has 0 aliphatic carbocycles. The molecule has 2 nitrogen and oxygen atoms in total. The molecule has 0 radical (unpaired) electrons. The summed E-state index contributed by atoms with van der Waals surface area (Å²) in [7, 11) is 0. The van der Waals surface area contributed by atoms with E-state index in [0.29, 0.717) is 19.5 Å². The first-order chi connectivity index (χ1) is 6.25. The normalized spacial score (nSPS) is 22.7. The second-order valence-corrected chi connectivity index (χ2v) is 4.60. The number of rotatable bonds is 2. The average Bonchev–Trinajstić information content (AvgIpc) is 2.63. The summed E-state index contributed by atoms with van der Waals surface area (Å²) >= 11 is 7.54. The largest absolute Gasteiger partial charge is 0.337 e. The first-order valence-electron chi connectivity index (χ1n) is 4.18. The van der Waals surface area contributed by atoms with Crippen LogP contribution in [0.15, 0.2) is 16.8 Å². The molecule has 1 unspecified atom stereocenters. The minimum absolute atomic E-state index is 0.00568. The third-order valence-corrected chi connectivity index (χ3v) is 3.15. The number of likely N-dealkylation sites (tertiary alicyclic amines) is 1. The SMILES string of the molecule is O=C1CC(Cl)CN1Cc1ccsc1. The summed E-state index contributed by atoms with van der Waals surface area (Å²) in [4.78, 5) is 13.2. The van der Waals surface area contributed by atoms with Crippen molar-refractivity contribution in [3.05, 3.63) is 22.4 Å². The number of carbonyl (C=O) groups is 1. The Kier molecular flexibility index (Phi) is 2.56. The Hall–Kier alpha value is -0.540. The minimum atomic E-state index is 0.00568. The van der Waals surface area contributed by atoms with E-state index < -0.39 is 0 Å². The lowest BCUT2D eigenvalue weighted by Gasteiger charge is -2.14. The molecule has 2 rings (SSSR count). The van der Waals surface area contributed by atoms with Crippen LogP contribution >= 0.6 is 22.9 Å². The molecule has 4 heteroatoms. The molecule has 0 spiro atoms. The number of amides is 1. The van der Waals surface area contributed by atoms with Crippen molar-refractivity contribution in [3.63, 3.8) is 0 Å². The average molecular weight is 216 g/mol. The van der Waals surface area contributed by atoms with E-state index in [1.807, 2.05) is 16.3 Å². The number of halogens is 1. The maximum atomic E-state index is 11.4. The van der Waals surface area contributed by atoms with Crippen molar-refractivity contribution in [2.24, 2.45) is 0 Å². The van der Waals surface area contributed by atoms with Crippen LogP contribution in [0, 0.1) is 0 Å². The van der Waals surface area contributed by atoms with Gasteiger partial charge >= 0.3 is 0 Å². The Balaban J connectivity index is 1.99. The first kappa shape index (κ1) is 9.03. The van der Waals surface area contributed by atoms with Gasteiger partial charge in [-0.15, -0.1) is 11.6 Å². The van der Waals surface area contributed by atoms with E-state index >= 15 is 0 Å². The Morgan fingerprint density at radius 1 is 1.69 bits per heavy atom. The number of thiophene rings is 1. The number of alkyl halides is 1. The summed E-state index contributed by atoms with van der Waals surface area (Å²) in [5.74, 6) is 0.172. The lowest BCUT2D eigenvalue weighted by Crippen LogP contribution is -2.24. The molecule has 0 bridgehead atoms. The van der Waals surface area contributed by atoms with Crippen LogP contribution in [0.1, 0.15) is 12.0 Å². The van der Waals surface area contributed by atoms with Crippen molar-refractivity contribution in [1.29, 1.82) is 0 Å². The summed E-state index contributed by atoms with van der Waals surface area (Å²) in [6.07, 6.45) is 0.492. The first-order valence-corrected chi connectivity index (χ1v) is 5.56. The summed E-state index contributed by atoms with van der Waals surface area (Å²) in [6, 6.07) is 2.04. The van der Waals surface area contributed by atoms with Gasteiger partial charge in [0.15, 0.2) is 0 Å². The monoisotopic (exact) mass is 215 g/mol. The van der Waals surface area contributed by atoms with E-state index in [2.05, 4.69) is 5.38 Å². The molecule has 1 aliphatic rings. The van der Waals surface area contributed by atoms with Gasteiger partial charge < -0.3 is 4.90 Å². The minimum Gasteiger partial charge on any atom is -0.337 e. The number of nitrogens with zero attached hydrogens (tertiary/aromatic N) is 1. The molecule has 1 atom stereocenters.